The van der Waals surface area contributed by atoms with Crippen LogP contribution in [0, 0.1) is 0 Å². The lowest BCUT2D eigenvalue weighted by atomic mass is 10.2. The van der Waals surface area contributed by atoms with Gasteiger partial charge in [0.05, 0.1) is 27.7 Å². The number of methoxy groups -OCH3 is 1. The molecule has 0 atom stereocenters. The Balaban J connectivity index is 2.22. The van der Waals surface area contributed by atoms with Gasteiger partial charge >= 0.3 is 6.18 Å². The van der Waals surface area contributed by atoms with Crippen molar-refractivity contribution in [3.8, 4) is 22.8 Å². The molecule has 0 unspecified atom stereocenters. The van der Waals surface area contributed by atoms with Crippen molar-refractivity contribution in [2.75, 3.05) is 7.11 Å². The van der Waals surface area contributed by atoms with E-state index in [0.717, 1.165) is 10.8 Å². The Morgan fingerprint density at radius 3 is 2.10 bits per heavy atom. The van der Waals surface area contributed by atoms with Crippen molar-refractivity contribution in [2.45, 2.75) is 11.1 Å². The third-order valence-electron chi connectivity index (χ3n) is 3.90. The number of alkyl halides is 3. The van der Waals surface area contributed by atoms with Gasteiger partial charge in [0.2, 0.25) is 10.0 Å². The summed E-state index contributed by atoms with van der Waals surface area (Å²) in [4.78, 5) is 3.47. The van der Waals surface area contributed by atoms with E-state index < -0.39 is 21.9 Å². The third-order valence-corrected chi connectivity index (χ3v) is 5.39. The summed E-state index contributed by atoms with van der Waals surface area (Å²) in [7, 11) is -2.61. The Morgan fingerprint density at radius 1 is 1.10 bits per heavy atom. The zero-order chi connectivity index (χ0) is 21.6. The van der Waals surface area contributed by atoms with Crippen molar-refractivity contribution in [2.24, 2.45) is 5.14 Å². The van der Waals surface area contributed by atoms with Crippen LogP contribution >= 0.6 is 23.2 Å². The molecular formula is C17H12Cl2F3N3O3S. The summed E-state index contributed by atoms with van der Waals surface area (Å²) < 4.78 is 68.8. The molecule has 2 N–H and O–H groups in total. The fraction of sp³-hybridized carbons (Fsp3) is 0.118. The van der Waals surface area contributed by atoms with E-state index >= 15 is 0 Å². The van der Waals surface area contributed by atoms with Gasteiger partial charge in [0.1, 0.15) is 5.82 Å². The van der Waals surface area contributed by atoms with Gasteiger partial charge in [0, 0.05) is 11.8 Å². The maximum absolute atomic E-state index is 13.3. The number of halogens is 5. The molecule has 0 radical (unpaired) electrons. The minimum atomic E-state index is -4.71. The standard InChI is InChI=1S/C17H12Cl2F3N3O3S/c1-28-15-12(18)6-10(7-13(15)19)25-8-14(17(20,21)22)24-16(25)9-2-4-11(5-3-9)29(23,26)27/h2-8H,1H3,(H2,23,26,27). The fourth-order valence-electron chi connectivity index (χ4n) is 2.59. The smallest absolute Gasteiger partial charge is 0.434 e. The van der Waals surface area contributed by atoms with E-state index in [1.807, 2.05) is 0 Å². The zero-order valence-corrected chi connectivity index (χ0v) is 16.9. The molecule has 0 fully saturated rings. The molecule has 0 saturated carbocycles. The monoisotopic (exact) mass is 465 g/mol. The second kappa shape index (κ2) is 7.52. The molecule has 6 nitrogen and oxygen atoms in total. The number of ether oxygens (including phenoxy) is 1. The number of hydrogen-bond acceptors (Lipinski definition) is 4. The predicted molar refractivity (Wildman–Crippen MR) is 102 cm³/mol. The molecule has 0 spiro atoms. The molecule has 0 aliphatic rings. The predicted octanol–water partition coefficient (Wildman–Crippen LogP) is 4.52. The molecule has 3 aromatic rings. The van der Waals surface area contributed by atoms with Crippen LogP contribution < -0.4 is 9.88 Å². The van der Waals surface area contributed by atoms with Crippen molar-refractivity contribution in [3.63, 3.8) is 0 Å². The molecule has 0 aliphatic carbocycles. The molecule has 0 aliphatic heterocycles. The van der Waals surface area contributed by atoms with E-state index in [1.54, 1.807) is 0 Å². The summed E-state index contributed by atoms with van der Waals surface area (Å²) in [6.45, 7) is 0. The summed E-state index contributed by atoms with van der Waals surface area (Å²) >= 11 is 12.2. The highest BCUT2D eigenvalue weighted by Gasteiger charge is 2.35. The van der Waals surface area contributed by atoms with Gasteiger partial charge in [-0.2, -0.15) is 13.2 Å². The second-order valence-electron chi connectivity index (χ2n) is 5.83. The SMILES string of the molecule is COc1c(Cl)cc(-n2cc(C(F)(F)F)nc2-c2ccc(S(N)(=O)=O)cc2)cc1Cl. The molecule has 0 saturated heterocycles. The minimum Gasteiger partial charge on any atom is -0.494 e. The molecule has 29 heavy (non-hydrogen) atoms. The van der Waals surface area contributed by atoms with Crippen LogP contribution in [0.25, 0.3) is 17.1 Å². The lowest BCUT2D eigenvalue weighted by Crippen LogP contribution is -2.11. The number of sulfonamides is 1. The van der Waals surface area contributed by atoms with Crippen LogP contribution in [-0.4, -0.2) is 25.1 Å². The number of hydrogen-bond donors (Lipinski definition) is 1. The van der Waals surface area contributed by atoms with Crippen molar-refractivity contribution >= 4 is 33.2 Å². The number of primary sulfonamides is 1. The highest BCUT2D eigenvalue weighted by Crippen LogP contribution is 2.38. The van der Waals surface area contributed by atoms with Gasteiger partial charge in [-0.3, -0.25) is 4.57 Å². The summed E-state index contributed by atoms with van der Waals surface area (Å²) in [6, 6.07) is 7.68. The van der Waals surface area contributed by atoms with Crippen LogP contribution in [-0.2, 0) is 16.2 Å². The summed E-state index contributed by atoms with van der Waals surface area (Å²) in [5.41, 5.74) is -0.726. The Kier molecular flexibility index (Phi) is 5.56. The molecule has 1 heterocycles. The van der Waals surface area contributed by atoms with E-state index in [0.29, 0.717) is 0 Å². The topological polar surface area (TPSA) is 87.2 Å². The van der Waals surface area contributed by atoms with Gasteiger partial charge in [-0.05, 0) is 36.4 Å². The average Bonchev–Trinajstić information content (AvgIpc) is 3.06. The lowest BCUT2D eigenvalue weighted by Gasteiger charge is -2.12. The first-order valence-electron chi connectivity index (χ1n) is 7.75. The maximum Gasteiger partial charge on any atom is 0.434 e. The van der Waals surface area contributed by atoms with Crippen molar-refractivity contribution in [1.29, 1.82) is 0 Å². The van der Waals surface area contributed by atoms with Crippen molar-refractivity contribution in [3.05, 3.63) is 58.3 Å². The van der Waals surface area contributed by atoms with E-state index in [9.17, 15) is 21.6 Å². The molecule has 12 heteroatoms. The zero-order valence-electron chi connectivity index (χ0n) is 14.5. The number of aromatic nitrogens is 2. The molecule has 154 valence electrons. The summed E-state index contributed by atoms with van der Waals surface area (Å²) in [5.74, 6) is 0.0721. The Morgan fingerprint density at radius 2 is 1.66 bits per heavy atom. The molecular weight excluding hydrogens is 454 g/mol. The number of nitrogens with two attached hydrogens (primary N) is 1. The minimum absolute atomic E-state index is 0.0905. The van der Waals surface area contributed by atoms with E-state index in [2.05, 4.69) is 4.98 Å². The van der Waals surface area contributed by atoms with Gasteiger partial charge in [-0.25, -0.2) is 18.5 Å². The van der Waals surface area contributed by atoms with Crippen LogP contribution in [0.1, 0.15) is 5.69 Å². The molecule has 1 aromatic heterocycles. The van der Waals surface area contributed by atoms with E-state index in [-0.39, 0.29) is 37.8 Å². The number of rotatable bonds is 4. The normalized spacial score (nSPS) is 12.2. The van der Waals surface area contributed by atoms with Crippen LogP contribution in [0.15, 0.2) is 47.5 Å². The Labute approximate surface area is 173 Å². The van der Waals surface area contributed by atoms with Crippen molar-refractivity contribution in [1.82, 2.24) is 9.55 Å². The number of imidazole rings is 1. The average molecular weight is 466 g/mol. The van der Waals surface area contributed by atoms with Crippen LogP contribution in [0.3, 0.4) is 0 Å². The molecule has 3 rings (SSSR count). The highest BCUT2D eigenvalue weighted by atomic mass is 35.5. The first-order chi connectivity index (χ1) is 13.4. The van der Waals surface area contributed by atoms with Gasteiger partial charge in [-0.1, -0.05) is 23.2 Å². The molecule has 0 bridgehead atoms. The molecule has 2 aromatic carbocycles. The van der Waals surface area contributed by atoms with Gasteiger partial charge in [0.15, 0.2) is 11.4 Å². The van der Waals surface area contributed by atoms with Crippen LogP contribution in [0.2, 0.25) is 10.0 Å². The van der Waals surface area contributed by atoms with Gasteiger partial charge < -0.3 is 4.74 Å². The third kappa shape index (κ3) is 4.35. The van der Waals surface area contributed by atoms with Crippen molar-refractivity contribution < 1.29 is 26.3 Å². The largest absolute Gasteiger partial charge is 0.494 e. The number of nitrogens with zero attached hydrogens (tertiary/aromatic N) is 2. The Bertz CT molecular complexity index is 1150. The van der Waals surface area contributed by atoms with Gasteiger partial charge in [-0.15, -0.1) is 0 Å². The fourth-order valence-corrected chi connectivity index (χ4v) is 3.74. The first kappa shape index (κ1) is 21.4. The first-order valence-corrected chi connectivity index (χ1v) is 10.1. The summed E-state index contributed by atoms with van der Waals surface area (Å²) in [6.07, 6.45) is -3.92. The molecule has 0 amide bonds. The van der Waals surface area contributed by atoms with Crippen LogP contribution in [0.4, 0.5) is 13.2 Å². The number of benzene rings is 2. The summed E-state index contributed by atoms with van der Waals surface area (Å²) in [5, 5.41) is 5.23. The van der Waals surface area contributed by atoms with Gasteiger partial charge in [0.25, 0.3) is 0 Å². The second-order valence-corrected chi connectivity index (χ2v) is 8.21. The quantitative estimate of drug-likeness (QED) is 0.613. The lowest BCUT2D eigenvalue weighted by molar-refractivity contribution is -0.140. The van der Waals surface area contributed by atoms with E-state index in [4.69, 9.17) is 33.1 Å². The highest BCUT2D eigenvalue weighted by molar-refractivity contribution is 7.89. The van der Waals surface area contributed by atoms with E-state index in [1.165, 1.54) is 43.5 Å². The maximum atomic E-state index is 13.3. The Hall–Kier alpha value is -2.27. The van der Waals surface area contributed by atoms with Crippen LogP contribution in [0.5, 0.6) is 5.75 Å².